The number of nitrogens with one attached hydrogen (secondary N) is 1. The summed E-state index contributed by atoms with van der Waals surface area (Å²) in [6.07, 6.45) is 2.89. The van der Waals surface area contributed by atoms with Gasteiger partial charge in [0.15, 0.2) is 0 Å². The molecule has 2 heterocycles. The van der Waals surface area contributed by atoms with Crippen LogP contribution >= 0.6 is 0 Å². The number of rotatable bonds is 2. The van der Waals surface area contributed by atoms with Gasteiger partial charge in [-0.3, -0.25) is 5.32 Å². The lowest BCUT2D eigenvalue weighted by Crippen LogP contribution is -2.50. The lowest BCUT2D eigenvalue weighted by molar-refractivity contribution is -0.0710. The maximum Gasteiger partial charge on any atom is 0.111 e. The van der Waals surface area contributed by atoms with Crippen molar-refractivity contribution in [2.45, 2.75) is 45.9 Å². The van der Waals surface area contributed by atoms with Crippen LogP contribution in [0.1, 0.15) is 33.6 Å². The lowest BCUT2D eigenvalue weighted by atomic mass is 9.93. The summed E-state index contributed by atoms with van der Waals surface area (Å²) < 4.78 is 5.90. The molecule has 2 aliphatic heterocycles. The van der Waals surface area contributed by atoms with E-state index in [4.69, 9.17) is 4.74 Å². The van der Waals surface area contributed by atoms with Gasteiger partial charge in [0.25, 0.3) is 0 Å². The van der Waals surface area contributed by atoms with E-state index in [0.29, 0.717) is 18.2 Å². The van der Waals surface area contributed by atoms with Gasteiger partial charge >= 0.3 is 0 Å². The van der Waals surface area contributed by atoms with Gasteiger partial charge in [0.05, 0.1) is 6.61 Å². The predicted octanol–water partition coefficient (Wildman–Crippen LogP) is 1.69. The number of nitrogens with zero attached hydrogens (tertiary/aromatic N) is 1. The fourth-order valence-corrected chi connectivity index (χ4v) is 2.74. The van der Waals surface area contributed by atoms with Crippen LogP contribution in [0.25, 0.3) is 0 Å². The first-order chi connectivity index (χ1) is 7.66. The highest BCUT2D eigenvalue weighted by molar-refractivity contribution is 4.81. The van der Waals surface area contributed by atoms with Gasteiger partial charge in [0.2, 0.25) is 0 Å². The van der Waals surface area contributed by atoms with Crippen LogP contribution in [0.15, 0.2) is 0 Å². The summed E-state index contributed by atoms with van der Waals surface area (Å²) in [5.41, 5.74) is 0. The number of piperidine rings is 1. The van der Waals surface area contributed by atoms with E-state index in [2.05, 4.69) is 31.0 Å². The fourth-order valence-electron chi connectivity index (χ4n) is 2.74. The van der Waals surface area contributed by atoms with Crippen LogP contribution in [0.3, 0.4) is 0 Å². The molecule has 0 bridgehead atoms. The molecule has 0 amide bonds. The molecule has 2 atom stereocenters. The normalized spacial score (nSPS) is 34.5. The number of hydrogen-bond donors (Lipinski definition) is 1. The second kappa shape index (κ2) is 5.48. The number of likely N-dealkylation sites (tertiary alicyclic amines) is 1. The van der Waals surface area contributed by atoms with E-state index in [0.717, 1.165) is 19.1 Å². The van der Waals surface area contributed by atoms with E-state index in [1.807, 2.05) is 0 Å². The SMILES string of the molecule is CC1CNC(C2CCN(C(C)C)CC2)OC1. The van der Waals surface area contributed by atoms with Gasteiger partial charge in [0, 0.05) is 18.5 Å². The van der Waals surface area contributed by atoms with Gasteiger partial charge in [-0.05, 0) is 45.7 Å². The average Bonchev–Trinajstić information content (AvgIpc) is 2.30. The van der Waals surface area contributed by atoms with Crippen molar-refractivity contribution in [1.82, 2.24) is 10.2 Å². The monoisotopic (exact) mass is 226 g/mol. The largest absolute Gasteiger partial charge is 0.363 e. The number of hydrogen-bond acceptors (Lipinski definition) is 3. The Balaban J connectivity index is 1.76. The minimum Gasteiger partial charge on any atom is -0.363 e. The van der Waals surface area contributed by atoms with Crippen LogP contribution in [-0.2, 0) is 4.74 Å². The number of ether oxygens (including phenoxy) is 1. The first-order valence-corrected chi connectivity index (χ1v) is 6.76. The molecule has 0 radical (unpaired) electrons. The predicted molar refractivity (Wildman–Crippen MR) is 66.3 cm³/mol. The Morgan fingerprint density at radius 1 is 1.25 bits per heavy atom. The summed E-state index contributed by atoms with van der Waals surface area (Å²) in [6.45, 7) is 11.3. The quantitative estimate of drug-likeness (QED) is 0.775. The third-order valence-corrected chi connectivity index (χ3v) is 3.96. The molecule has 0 saturated carbocycles. The lowest BCUT2D eigenvalue weighted by Gasteiger charge is -2.40. The zero-order valence-corrected chi connectivity index (χ0v) is 10.9. The third-order valence-electron chi connectivity index (χ3n) is 3.96. The Labute approximate surface area is 99.5 Å². The molecular formula is C13H26N2O. The Bertz CT molecular complexity index is 204. The van der Waals surface area contributed by atoms with Crippen molar-refractivity contribution in [3.8, 4) is 0 Å². The first-order valence-electron chi connectivity index (χ1n) is 6.76. The average molecular weight is 226 g/mol. The summed E-state index contributed by atoms with van der Waals surface area (Å²) >= 11 is 0. The summed E-state index contributed by atoms with van der Waals surface area (Å²) in [5.74, 6) is 1.40. The van der Waals surface area contributed by atoms with E-state index in [-0.39, 0.29) is 0 Å². The van der Waals surface area contributed by atoms with Crippen LogP contribution in [0.5, 0.6) is 0 Å². The molecule has 2 saturated heterocycles. The van der Waals surface area contributed by atoms with E-state index in [1.165, 1.54) is 25.9 Å². The molecular weight excluding hydrogens is 200 g/mol. The molecule has 2 rings (SSSR count). The van der Waals surface area contributed by atoms with Crippen LogP contribution in [0.2, 0.25) is 0 Å². The van der Waals surface area contributed by atoms with Gasteiger partial charge in [-0.25, -0.2) is 0 Å². The highest BCUT2D eigenvalue weighted by Crippen LogP contribution is 2.24. The van der Waals surface area contributed by atoms with Crippen molar-refractivity contribution in [3.05, 3.63) is 0 Å². The van der Waals surface area contributed by atoms with Gasteiger partial charge in [-0.2, -0.15) is 0 Å². The van der Waals surface area contributed by atoms with Crippen molar-refractivity contribution < 1.29 is 4.74 Å². The van der Waals surface area contributed by atoms with Crippen molar-refractivity contribution >= 4 is 0 Å². The van der Waals surface area contributed by atoms with E-state index < -0.39 is 0 Å². The Hall–Kier alpha value is -0.120. The summed E-state index contributed by atoms with van der Waals surface area (Å²) in [6, 6.07) is 0.696. The minimum absolute atomic E-state index is 0.325. The molecule has 94 valence electrons. The minimum atomic E-state index is 0.325. The molecule has 3 nitrogen and oxygen atoms in total. The molecule has 0 spiro atoms. The molecule has 0 aromatic carbocycles. The maximum atomic E-state index is 5.90. The van der Waals surface area contributed by atoms with Crippen LogP contribution in [0, 0.1) is 11.8 Å². The Morgan fingerprint density at radius 2 is 1.94 bits per heavy atom. The van der Waals surface area contributed by atoms with Crippen LogP contribution in [-0.4, -0.2) is 43.4 Å². The summed E-state index contributed by atoms with van der Waals surface area (Å²) in [7, 11) is 0. The summed E-state index contributed by atoms with van der Waals surface area (Å²) in [4.78, 5) is 2.57. The molecule has 0 aromatic heterocycles. The molecule has 16 heavy (non-hydrogen) atoms. The molecule has 0 aromatic rings. The standard InChI is InChI=1S/C13H26N2O/c1-10(2)15-6-4-12(5-7-15)13-14-8-11(3)9-16-13/h10-14H,4-9H2,1-3H3. The zero-order chi connectivity index (χ0) is 11.5. The van der Waals surface area contributed by atoms with E-state index in [1.54, 1.807) is 0 Å². The zero-order valence-electron chi connectivity index (χ0n) is 10.9. The van der Waals surface area contributed by atoms with Crippen LogP contribution in [0.4, 0.5) is 0 Å². The smallest absolute Gasteiger partial charge is 0.111 e. The summed E-state index contributed by atoms with van der Waals surface area (Å²) in [5, 5.41) is 3.54. The second-order valence-electron chi connectivity index (χ2n) is 5.73. The molecule has 2 aliphatic rings. The Morgan fingerprint density at radius 3 is 2.44 bits per heavy atom. The van der Waals surface area contributed by atoms with Gasteiger partial charge in [0.1, 0.15) is 6.23 Å². The van der Waals surface area contributed by atoms with Crippen molar-refractivity contribution in [3.63, 3.8) is 0 Å². The van der Waals surface area contributed by atoms with E-state index >= 15 is 0 Å². The highest BCUT2D eigenvalue weighted by atomic mass is 16.5. The second-order valence-corrected chi connectivity index (χ2v) is 5.73. The van der Waals surface area contributed by atoms with Gasteiger partial charge in [-0.1, -0.05) is 6.92 Å². The van der Waals surface area contributed by atoms with Crippen molar-refractivity contribution in [1.29, 1.82) is 0 Å². The van der Waals surface area contributed by atoms with E-state index in [9.17, 15) is 0 Å². The third kappa shape index (κ3) is 2.96. The Kier molecular flexibility index (Phi) is 4.22. The van der Waals surface area contributed by atoms with Crippen LogP contribution < -0.4 is 5.32 Å². The van der Waals surface area contributed by atoms with Gasteiger partial charge < -0.3 is 9.64 Å². The molecule has 2 unspecified atom stereocenters. The van der Waals surface area contributed by atoms with Crippen molar-refractivity contribution in [2.75, 3.05) is 26.2 Å². The molecule has 0 aliphatic carbocycles. The molecule has 3 heteroatoms. The van der Waals surface area contributed by atoms with Gasteiger partial charge in [-0.15, -0.1) is 0 Å². The molecule has 2 fully saturated rings. The fraction of sp³-hybridized carbons (Fsp3) is 1.00. The van der Waals surface area contributed by atoms with Crippen molar-refractivity contribution in [2.24, 2.45) is 11.8 Å². The highest BCUT2D eigenvalue weighted by Gasteiger charge is 2.30. The topological polar surface area (TPSA) is 24.5 Å². The maximum absolute atomic E-state index is 5.90. The first kappa shape index (κ1) is 12.3. The molecule has 1 N–H and O–H groups in total.